The molecule has 1 heterocycles. The smallest absolute Gasteiger partial charge is 0.272 e. The Morgan fingerprint density at radius 2 is 2.00 bits per heavy atom. The molecular formula is C12H7F2N3O3. The van der Waals surface area contributed by atoms with E-state index in [9.17, 15) is 23.7 Å². The highest BCUT2D eigenvalue weighted by Crippen LogP contribution is 2.21. The number of anilines is 1. The Balaban J connectivity index is 2.25. The van der Waals surface area contributed by atoms with Crippen LogP contribution in [0, 0.1) is 21.7 Å². The van der Waals surface area contributed by atoms with Crippen molar-refractivity contribution in [2.75, 3.05) is 5.32 Å². The van der Waals surface area contributed by atoms with Gasteiger partial charge in [0.05, 0.1) is 28.4 Å². The fourth-order valence-corrected chi connectivity index (χ4v) is 1.47. The molecule has 1 N–H and O–H groups in total. The third-order valence-corrected chi connectivity index (χ3v) is 2.43. The number of hydrogen-bond acceptors (Lipinski definition) is 4. The Hall–Kier alpha value is -2.90. The number of pyridine rings is 1. The number of rotatable bonds is 3. The number of non-ortho nitro benzene ring substituents is 1. The van der Waals surface area contributed by atoms with Crippen molar-refractivity contribution in [3.05, 3.63) is 64.0 Å². The van der Waals surface area contributed by atoms with Crippen molar-refractivity contribution in [2.24, 2.45) is 0 Å². The maximum Gasteiger partial charge on any atom is 0.272 e. The molecule has 0 spiro atoms. The first kappa shape index (κ1) is 13.5. The standard InChI is InChI=1S/C12H7F2N3O3/c13-9-5-7(17(19)20)1-2-11(9)16-12(18)8-3-4-15-6-10(8)14/h1-6H,(H,16,18). The highest BCUT2D eigenvalue weighted by atomic mass is 19.1. The van der Waals surface area contributed by atoms with Crippen molar-refractivity contribution in [2.45, 2.75) is 0 Å². The fraction of sp³-hybridized carbons (Fsp3) is 0. The molecule has 0 fully saturated rings. The predicted molar refractivity (Wildman–Crippen MR) is 65.2 cm³/mol. The summed E-state index contributed by atoms with van der Waals surface area (Å²) in [6.45, 7) is 0. The monoisotopic (exact) mass is 279 g/mol. The summed E-state index contributed by atoms with van der Waals surface area (Å²) in [7, 11) is 0. The second-order valence-corrected chi connectivity index (χ2v) is 3.73. The molecule has 1 aromatic carbocycles. The Labute approximate surface area is 111 Å². The maximum atomic E-state index is 13.6. The van der Waals surface area contributed by atoms with Crippen LogP contribution in [0.3, 0.4) is 0 Å². The summed E-state index contributed by atoms with van der Waals surface area (Å²) in [6, 6.07) is 3.86. The van der Waals surface area contributed by atoms with Crippen LogP contribution < -0.4 is 5.32 Å². The molecular weight excluding hydrogens is 272 g/mol. The Morgan fingerprint density at radius 3 is 2.60 bits per heavy atom. The van der Waals surface area contributed by atoms with Crippen LogP contribution in [0.15, 0.2) is 36.7 Å². The lowest BCUT2D eigenvalue weighted by atomic mass is 10.2. The van der Waals surface area contributed by atoms with Crippen molar-refractivity contribution in [1.82, 2.24) is 4.98 Å². The number of halogens is 2. The summed E-state index contributed by atoms with van der Waals surface area (Å²) >= 11 is 0. The van der Waals surface area contributed by atoms with Gasteiger partial charge in [-0.1, -0.05) is 0 Å². The van der Waals surface area contributed by atoms with E-state index in [-0.39, 0.29) is 11.3 Å². The van der Waals surface area contributed by atoms with E-state index in [1.165, 1.54) is 6.20 Å². The minimum Gasteiger partial charge on any atom is -0.319 e. The normalized spacial score (nSPS) is 10.1. The molecule has 0 radical (unpaired) electrons. The van der Waals surface area contributed by atoms with Crippen LogP contribution in [0.2, 0.25) is 0 Å². The third-order valence-electron chi connectivity index (χ3n) is 2.43. The SMILES string of the molecule is O=C(Nc1ccc([N+](=O)[O-])cc1F)c1ccncc1F. The first-order chi connectivity index (χ1) is 9.49. The molecule has 0 bridgehead atoms. The zero-order valence-corrected chi connectivity index (χ0v) is 9.84. The lowest BCUT2D eigenvalue weighted by molar-refractivity contribution is -0.385. The van der Waals surface area contributed by atoms with E-state index in [1.807, 2.05) is 0 Å². The molecule has 0 aliphatic rings. The van der Waals surface area contributed by atoms with Gasteiger partial charge in [-0.2, -0.15) is 0 Å². The number of benzene rings is 1. The molecule has 2 rings (SSSR count). The summed E-state index contributed by atoms with van der Waals surface area (Å²) in [4.78, 5) is 24.9. The average molecular weight is 279 g/mol. The summed E-state index contributed by atoms with van der Waals surface area (Å²) in [5.74, 6) is -2.72. The largest absolute Gasteiger partial charge is 0.319 e. The molecule has 0 saturated carbocycles. The number of nitro benzene ring substituents is 1. The zero-order valence-electron chi connectivity index (χ0n) is 9.84. The van der Waals surface area contributed by atoms with Gasteiger partial charge in [0.1, 0.15) is 0 Å². The van der Waals surface area contributed by atoms with E-state index >= 15 is 0 Å². The molecule has 0 unspecified atom stereocenters. The Bertz CT molecular complexity index is 691. The lowest BCUT2D eigenvalue weighted by Crippen LogP contribution is -2.15. The van der Waals surface area contributed by atoms with Crippen LogP contribution >= 0.6 is 0 Å². The van der Waals surface area contributed by atoms with Gasteiger partial charge >= 0.3 is 0 Å². The van der Waals surface area contributed by atoms with E-state index in [4.69, 9.17) is 0 Å². The number of amides is 1. The second-order valence-electron chi connectivity index (χ2n) is 3.73. The number of aromatic nitrogens is 1. The highest BCUT2D eigenvalue weighted by molar-refractivity contribution is 6.04. The minimum absolute atomic E-state index is 0.281. The first-order valence-corrected chi connectivity index (χ1v) is 5.34. The highest BCUT2D eigenvalue weighted by Gasteiger charge is 2.15. The van der Waals surface area contributed by atoms with Crippen LogP contribution in [-0.4, -0.2) is 15.8 Å². The van der Waals surface area contributed by atoms with Gasteiger partial charge in [-0.05, 0) is 12.1 Å². The van der Waals surface area contributed by atoms with Gasteiger partial charge in [0.15, 0.2) is 11.6 Å². The topological polar surface area (TPSA) is 85.1 Å². The van der Waals surface area contributed by atoms with Crippen molar-refractivity contribution in [3.8, 4) is 0 Å². The van der Waals surface area contributed by atoms with Gasteiger partial charge in [-0.25, -0.2) is 8.78 Å². The average Bonchev–Trinajstić information content (AvgIpc) is 2.41. The number of carbonyl (C=O) groups is 1. The predicted octanol–water partition coefficient (Wildman–Crippen LogP) is 2.52. The quantitative estimate of drug-likeness (QED) is 0.691. The van der Waals surface area contributed by atoms with Gasteiger partial charge in [-0.3, -0.25) is 19.9 Å². The van der Waals surface area contributed by atoms with Crippen molar-refractivity contribution >= 4 is 17.3 Å². The van der Waals surface area contributed by atoms with Gasteiger partial charge < -0.3 is 5.32 Å². The van der Waals surface area contributed by atoms with Gasteiger partial charge in [0.2, 0.25) is 0 Å². The van der Waals surface area contributed by atoms with E-state index in [0.717, 1.165) is 24.4 Å². The van der Waals surface area contributed by atoms with Crippen molar-refractivity contribution in [3.63, 3.8) is 0 Å². The first-order valence-electron chi connectivity index (χ1n) is 5.34. The second kappa shape index (κ2) is 5.39. The van der Waals surface area contributed by atoms with Gasteiger partial charge in [0, 0.05) is 12.3 Å². The van der Waals surface area contributed by atoms with E-state index < -0.39 is 28.2 Å². The fourth-order valence-electron chi connectivity index (χ4n) is 1.47. The molecule has 102 valence electrons. The molecule has 20 heavy (non-hydrogen) atoms. The Kier molecular flexibility index (Phi) is 3.65. The molecule has 0 aliphatic carbocycles. The lowest BCUT2D eigenvalue weighted by Gasteiger charge is -2.06. The molecule has 1 aromatic heterocycles. The number of nitrogens with one attached hydrogen (secondary N) is 1. The van der Waals surface area contributed by atoms with Crippen LogP contribution in [-0.2, 0) is 0 Å². The van der Waals surface area contributed by atoms with E-state index in [2.05, 4.69) is 10.3 Å². The Morgan fingerprint density at radius 1 is 1.25 bits per heavy atom. The van der Waals surface area contributed by atoms with Gasteiger partial charge in [0.25, 0.3) is 11.6 Å². The summed E-state index contributed by atoms with van der Waals surface area (Å²) in [6.07, 6.45) is 2.06. The maximum absolute atomic E-state index is 13.6. The molecule has 1 amide bonds. The van der Waals surface area contributed by atoms with Crippen molar-refractivity contribution < 1.29 is 18.5 Å². The number of nitrogens with zero attached hydrogens (tertiary/aromatic N) is 2. The number of carbonyl (C=O) groups excluding carboxylic acids is 1. The minimum atomic E-state index is -0.984. The zero-order chi connectivity index (χ0) is 14.7. The van der Waals surface area contributed by atoms with Crippen molar-refractivity contribution in [1.29, 1.82) is 0 Å². The molecule has 6 nitrogen and oxygen atoms in total. The third kappa shape index (κ3) is 2.74. The van der Waals surface area contributed by atoms with Crippen LogP contribution in [0.25, 0.3) is 0 Å². The molecule has 0 aliphatic heterocycles. The van der Waals surface area contributed by atoms with Gasteiger partial charge in [-0.15, -0.1) is 0 Å². The number of hydrogen-bond donors (Lipinski definition) is 1. The van der Waals surface area contributed by atoms with Crippen LogP contribution in [0.1, 0.15) is 10.4 Å². The van der Waals surface area contributed by atoms with Crippen LogP contribution in [0.4, 0.5) is 20.2 Å². The summed E-state index contributed by atoms with van der Waals surface area (Å²) in [5, 5.41) is 12.6. The summed E-state index contributed by atoms with van der Waals surface area (Å²) in [5.41, 5.74) is -1.04. The molecule has 0 atom stereocenters. The molecule has 8 heteroatoms. The molecule has 2 aromatic rings. The van der Waals surface area contributed by atoms with E-state index in [0.29, 0.717) is 6.07 Å². The summed E-state index contributed by atoms with van der Waals surface area (Å²) < 4.78 is 26.9. The number of nitro groups is 1. The van der Waals surface area contributed by atoms with Crippen LogP contribution in [0.5, 0.6) is 0 Å². The molecule has 0 saturated heterocycles. The van der Waals surface area contributed by atoms with E-state index in [1.54, 1.807) is 0 Å².